The maximum absolute atomic E-state index is 6.16. The molecule has 1 aromatic carbocycles. The van der Waals surface area contributed by atoms with Crippen LogP contribution in [0.1, 0.15) is 31.2 Å². The van der Waals surface area contributed by atoms with Crippen molar-refractivity contribution in [2.45, 2.75) is 32.1 Å². The van der Waals surface area contributed by atoms with Crippen LogP contribution in [0, 0.1) is 17.3 Å². The lowest BCUT2D eigenvalue weighted by Crippen LogP contribution is -2.32. The van der Waals surface area contributed by atoms with Gasteiger partial charge < -0.3 is 4.74 Å². The molecule has 0 spiro atoms. The Hall–Kier alpha value is -0.210. The van der Waals surface area contributed by atoms with Crippen molar-refractivity contribution in [3.05, 3.63) is 28.8 Å². The lowest BCUT2D eigenvalue weighted by molar-refractivity contribution is 0.195. The molecule has 2 bridgehead atoms. The highest BCUT2D eigenvalue weighted by Crippen LogP contribution is 2.58. The largest absolute Gasteiger partial charge is 0.496 e. The average molecular weight is 344 g/mol. The standard InChI is InChI=1S/C16H20BrClO/c1-19-15-5-4-14(18)7-12(15)9-16(10-17)8-11-2-3-13(16)6-11/h4-5,7,11,13H,2-3,6,8-10H2,1H3. The Morgan fingerprint density at radius 1 is 1.42 bits per heavy atom. The van der Waals surface area contributed by atoms with Crippen molar-refractivity contribution < 1.29 is 4.74 Å². The number of hydrogen-bond donors (Lipinski definition) is 0. The second kappa shape index (κ2) is 5.29. The van der Waals surface area contributed by atoms with E-state index in [1.807, 2.05) is 12.1 Å². The molecule has 0 amide bonds. The quantitative estimate of drug-likeness (QED) is 0.692. The zero-order valence-corrected chi connectivity index (χ0v) is 13.6. The van der Waals surface area contributed by atoms with E-state index in [0.717, 1.165) is 34.4 Å². The van der Waals surface area contributed by atoms with Gasteiger partial charge in [0, 0.05) is 10.4 Å². The molecule has 3 atom stereocenters. The van der Waals surface area contributed by atoms with Crippen LogP contribution in [0.2, 0.25) is 5.02 Å². The third-order valence-corrected chi connectivity index (χ3v) is 6.51. The van der Waals surface area contributed by atoms with Crippen LogP contribution in [0.5, 0.6) is 5.75 Å². The molecule has 0 saturated heterocycles. The molecule has 1 nitrogen and oxygen atoms in total. The first kappa shape index (κ1) is 13.8. The average Bonchev–Trinajstić information content (AvgIpc) is 3.00. The Kier molecular flexibility index (Phi) is 3.83. The van der Waals surface area contributed by atoms with Crippen LogP contribution in [0.25, 0.3) is 0 Å². The molecule has 3 unspecified atom stereocenters. The third-order valence-electron chi connectivity index (χ3n) is 5.15. The van der Waals surface area contributed by atoms with E-state index in [4.69, 9.17) is 16.3 Å². The smallest absolute Gasteiger partial charge is 0.122 e. The van der Waals surface area contributed by atoms with Crippen molar-refractivity contribution in [3.8, 4) is 5.75 Å². The number of methoxy groups -OCH3 is 1. The van der Waals surface area contributed by atoms with Crippen LogP contribution < -0.4 is 4.74 Å². The van der Waals surface area contributed by atoms with Gasteiger partial charge in [0.2, 0.25) is 0 Å². The molecule has 19 heavy (non-hydrogen) atoms. The Balaban J connectivity index is 1.89. The van der Waals surface area contributed by atoms with Crippen LogP contribution in [0.4, 0.5) is 0 Å². The van der Waals surface area contributed by atoms with E-state index in [1.54, 1.807) is 7.11 Å². The first-order valence-corrected chi connectivity index (χ1v) is 8.55. The third kappa shape index (κ3) is 2.42. The molecule has 2 fully saturated rings. The molecule has 3 rings (SSSR count). The predicted molar refractivity (Wildman–Crippen MR) is 83.4 cm³/mol. The SMILES string of the molecule is COc1ccc(Cl)cc1CC1(CBr)CC2CCC1C2. The van der Waals surface area contributed by atoms with Gasteiger partial charge in [-0.15, -0.1) is 0 Å². The maximum atomic E-state index is 6.16. The van der Waals surface area contributed by atoms with E-state index in [-0.39, 0.29) is 0 Å². The van der Waals surface area contributed by atoms with Crippen molar-refractivity contribution >= 4 is 27.5 Å². The summed E-state index contributed by atoms with van der Waals surface area (Å²) in [6, 6.07) is 5.98. The fourth-order valence-electron chi connectivity index (χ4n) is 4.25. The molecule has 2 aliphatic rings. The van der Waals surface area contributed by atoms with Gasteiger partial charge in [-0.3, -0.25) is 0 Å². The van der Waals surface area contributed by atoms with E-state index in [9.17, 15) is 0 Å². The summed E-state index contributed by atoms with van der Waals surface area (Å²) in [7, 11) is 1.74. The van der Waals surface area contributed by atoms with E-state index in [2.05, 4.69) is 22.0 Å². The van der Waals surface area contributed by atoms with Crippen LogP contribution in [-0.4, -0.2) is 12.4 Å². The molecule has 0 aliphatic heterocycles. The van der Waals surface area contributed by atoms with E-state index < -0.39 is 0 Å². The zero-order valence-electron chi connectivity index (χ0n) is 11.3. The summed E-state index contributed by atoms with van der Waals surface area (Å²) in [4.78, 5) is 0. The molecular weight excluding hydrogens is 324 g/mol. The van der Waals surface area contributed by atoms with Gasteiger partial charge in [0.05, 0.1) is 7.11 Å². The van der Waals surface area contributed by atoms with Crippen molar-refractivity contribution in [2.75, 3.05) is 12.4 Å². The number of benzene rings is 1. The second-order valence-electron chi connectivity index (χ2n) is 6.21. The summed E-state index contributed by atoms with van der Waals surface area (Å²) in [5.74, 6) is 2.81. The van der Waals surface area contributed by atoms with E-state index in [1.165, 1.54) is 31.2 Å². The number of ether oxygens (including phenoxy) is 1. The van der Waals surface area contributed by atoms with Crippen molar-refractivity contribution in [3.63, 3.8) is 0 Å². The summed E-state index contributed by atoms with van der Waals surface area (Å²) < 4.78 is 5.51. The molecule has 2 aliphatic carbocycles. The monoisotopic (exact) mass is 342 g/mol. The predicted octanol–water partition coefficient (Wildman–Crippen LogP) is 5.09. The molecular formula is C16H20BrClO. The maximum Gasteiger partial charge on any atom is 0.122 e. The molecule has 3 heteroatoms. The highest BCUT2D eigenvalue weighted by Gasteiger charge is 2.50. The molecule has 0 heterocycles. The van der Waals surface area contributed by atoms with Gasteiger partial charge in [0.1, 0.15) is 5.75 Å². The lowest BCUT2D eigenvalue weighted by atomic mass is 9.71. The first-order valence-electron chi connectivity index (χ1n) is 7.05. The Morgan fingerprint density at radius 3 is 2.84 bits per heavy atom. The van der Waals surface area contributed by atoms with Crippen molar-refractivity contribution in [2.24, 2.45) is 17.3 Å². The topological polar surface area (TPSA) is 9.23 Å². The van der Waals surface area contributed by atoms with Crippen LogP contribution in [-0.2, 0) is 6.42 Å². The molecule has 104 valence electrons. The minimum Gasteiger partial charge on any atom is -0.496 e. The van der Waals surface area contributed by atoms with Gasteiger partial charge in [-0.2, -0.15) is 0 Å². The summed E-state index contributed by atoms with van der Waals surface area (Å²) in [5, 5.41) is 1.90. The number of halogens is 2. The lowest BCUT2D eigenvalue weighted by Gasteiger charge is -2.37. The number of alkyl halides is 1. The number of fused-ring (bicyclic) bond motifs is 2. The number of hydrogen-bond acceptors (Lipinski definition) is 1. The highest BCUT2D eigenvalue weighted by atomic mass is 79.9. The van der Waals surface area contributed by atoms with E-state index >= 15 is 0 Å². The molecule has 0 radical (unpaired) electrons. The van der Waals surface area contributed by atoms with Gasteiger partial charge in [-0.25, -0.2) is 0 Å². The minimum absolute atomic E-state index is 0.418. The van der Waals surface area contributed by atoms with Gasteiger partial charge in [-0.1, -0.05) is 34.0 Å². The Labute approximate surface area is 128 Å². The summed E-state index contributed by atoms with van der Waals surface area (Å²) in [5.41, 5.74) is 1.68. The zero-order chi connectivity index (χ0) is 13.5. The summed E-state index contributed by atoms with van der Waals surface area (Å²) in [6.45, 7) is 0. The van der Waals surface area contributed by atoms with Crippen LogP contribution in [0.15, 0.2) is 18.2 Å². The van der Waals surface area contributed by atoms with Crippen molar-refractivity contribution in [1.29, 1.82) is 0 Å². The van der Waals surface area contributed by atoms with Crippen LogP contribution in [0.3, 0.4) is 0 Å². The molecule has 1 aromatic rings. The first-order chi connectivity index (χ1) is 9.16. The van der Waals surface area contributed by atoms with Gasteiger partial charge in [0.15, 0.2) is 0 Å². The van der Waals surface area contributed by atoms with Crippen LogP contribution >= 0.6 is 27.5 Å². The van der Waals surface area contributed by atoms with Crippen molar-refractivity contribution in [1.82, 2.24) is 0 Å². The van der Waals surface area contributed by atoms with Gasteiger partial charge in [0.25, 0.3) is 0 Å². The summed E-state index contributed by atoms with van der Waals surface area (Å²) in [6.07, 6.45) is 6.71. The fraction of sp³-hybridized carbons (Fsp3) is 0.625. The molecule has 0 N–H and O–H groups in total. The number of rotatable bonds is 4. The fourth-order valence-corrected chi connectivity index (χ4v) is 5.33. The van der Waals surface area contributed by atoms with Gasteiger partial charge >= 0.3 is 0 Å². The molecule has 2 saturated carbocycles. The second-order valence-corrected chi connectivity index (χ2v) is 7.21. The Bertz CT molecular complexity index is 476. The molecule has 0 aromatic heterocycles. The normalized spacial score (nSPS) is 32.8. The minimum atomic E-state index is 0.418. The van der Waals surface area contributed by atoms with Gasteiger partial charge in [-0.05, 0) is 66.7 Å². The van der Waals surface area contributed by atoms with E-state index in [0.29, 0.717) is 5.41 Å². The summed E-state index contributed by atoms with van der Waals surface area (Å²) >= 11 is 9.94. The highest BCUT2D eigenvalue weighted by molar-refractivity contribution is 9.09. The Morgan fingerprint density at radius 2 is 2.26 bits per heavy atom.